The van der Waals surface area contributed by atoms with Crippen LogP contribution in [0, 0.1) is 0 Å². The van der Waals surface area contributed by atoms with E-state index in [0.29, 0.717) is 10.1 Å². The maximum atomic E-state index is 12.4. The van der Waals surface area contributed by atoms with Gasteiger partial charge in [-0.2, -0.15) is 0 Å². The number of benzene rings is 2. The first-order chi connectivity index (χ1) is 11.5. The van der Waals surface area contributed by atoms with E-state index in [4.69, 9.17) is 28.6 Å². The number of hydrogen-bond acceptors (Lipinski definition) is 3. The first-order valence-corrected chi connectivity index (χ1v) is 8.33. The van der Waals surface area contributed by atoms with Gasteiger partial charge in [-0.3, -0.25) is 0 Å². The molecule has 0 aromatic heterocycles. The molecule has 0 saturated carbocycles. The van der Waals surface area contributed by atoms with Crippen molar-refractivity contribution >= 4 is 40.6 Å². The fourth-order valence-corrected chi connectivity index (χ4v) is 2.42. The number of nitrogens with one attached hydrogen (secondary N) is 2. The Morgan fingerprint density at radius 2 is 1.71 bits per heavy atom. The number of hydrogen-bond donors (Lipinski definition) is 2. The van der Waals surface area contributed by atoms with E-state index in [2.05, 4.69) is 10.6 Å². The molecular formula is C18H19ClN2O2S. The zero-order chi connectivity index (χ0) is 17.5. The number of anilines is 1. The molecule has 0 amide bonds. The summed E-state index contributed by atoms with van der Waals surface area (Å²) in [5, 5.41) is 7.01. The van der Waals surface area contributed by atoms with E-state index in [1.165, 1.54) is 0 Å². The van der Waals surface area contributed by atoms with Gasteiger partial charge in [-0.15, -0.1) is 0 Å². The van der Waals surface area contributed by atoms with Gasteiger partial charge in [-0.05, 0) is 55.9 Å². The highest BCUT2D eigenvalue weighted by Gasteiger charge is 2.23. The third-order valence-electron chi connectivity index (χ3n) is 3.10. The second-order valence-electron chi connectivity index (χ2n) is 5.43. The van der Waals surface area contributed by atoms with E-state index in [0.717, 1.165) is 11.3 Å². The molecule has 2 rings (SSSR count). The summed E-state index contributed by atoms with van der Waals surface area (Å²) in [6, 6.07) is 15.8. The van der Waals surface area contributed by atoms with Crippen LogP contribution in [0.4, 0.5) is 5.69 Å². The lowest BCUT2D eigenvalue weighted by molar-refractivity contribution is -0.149. The van der Waals surface area contributed by atoms with Crippen molar-refractivity contribution < 1.29 is 9.53 Å². The molecule has 2 aromatic rings. The first kappa shape index (κ1) is 18.2. The average Bonchev–Trinajstić information content (AvgIpc) is 2.55. The molecule has 0 aliphatic carbocycles. The Balaban J connectivity index is 2.11. The molecule has 0 aliphatic rings. The predicted octanol–water partition coefficient (Wildman–Crippen LogP) is 4.32. The van der Waals surface area contributed by atoms with Gasteiger partial charge in [0.15, 0.2) is 11.2 Å². The van der Waals surface area contributed by atoms with E-state index in [9.17, 15) is 4.79 Å². The molecule has 2 aromatic carbocycles. The first-order valence-electron chi connectivity index (χ1n) is 7.54. The minimum Gasteiger partial charge on any atom is -0.461 e. The van der Waals surface area contributed by atoms with Crippen LogP contribution >= 0.6 is 23.8 Å². The van der Waals surface area contributed by atoms with Crippen LogP contribution in [0.1, 0.15) is 25.5 Å². The average molecular weight is 363 g/mol. The number of ether oxygens (including phenoxy) is 1. The molecule has 2 N–H and O–H groups in total. The number of carbonyl (C=O) groups excluding carboxylic acids is 1. The maximum Gasteiger partial charge on any atom is 0.333 e. The molecule has 0 fully saturated rings. The van der Waals surface area contributed by atoms with Crippen molar-refractivity contribution in [3.8, 4) is 0 Å². The topological polar surface area (TPSA) is 50.4 Å². The van der Waals surface area contributed by atoms with Crippen LogP contribution in [0.25, 0.3) is 0 Å². The fourth-order valence-electron chi connectivity index (χ4n) is 2.06. The zero-order valence-electron chi connectivity index (χ0n) is 13.5. The van der Waals surface area contributed by atoms with Gasteiger partial charge in [-0.1, -0.05) is 41.9 Å². The van der Waals surface area contributed by atoms with Gasteiger partial charge in [0.1, 0.15) is 0 Å². The fraction of sp³-hybridized carbons (Fsp3) is 0.222. The van der Waals surface area contributed by atoms with Crippen LogP contribution < -0.4 is 10.6 Å². The van der Waals surface area contributed by atoms with Crippen LogP contribution in [0.2, 0.25) is 5.02 Å². The SMILES string of the molecule is CC(C)OC(=O)[C@H](NC(=S)Nc1ccc(Cl)cc1)c1ccccc1. The summed E-state index contributed by atoms with van der Waals surface area (Å²) < 4.78 is 5.33. The summed E-state index contributed by atoms with van der Waals surface area (Å²) in [6.07, 6.45) is -0.205. The number of halogens is 1. The third-order valence-corrected chi connectivity index (χ3v) is 3.57. The molecular weight excluding hydrogens is 344 g/mol. The third kappa shape index (κ3) is 5.51. The zero-order valence-corrected chi connectivity index (χ0v) is 15.0. The lowest BCUT2D eigenvalue weighted by Gasteiger charge is -2.21. The summed E-state index contributed by atoms with van der Waals surface area (Å²) >= 11 is 11.2. The lowest BCUT2D eigenvalue weighted by Crippen LogP contribution is -2.38. The van der Waals surface area contributed by atoms with Crippen LogP contribution in [0.3, 0.4) is 0 Å². The molecule has 0 heterocycles. The Hall–Kier alpha value is -2.11. The van der Waals surface area contributed by atoms with Gasteiger partial charge in [0.2, 0.25) is 0 Å². The molecule has 126 valence electrons. The minimum absolute atomic E-state index is 0.205. The van der Waals surface area contributed by atoms with Crippen LogP contribution in [-0.2, 0) is 9.53 Å². The second-order valence-corrected chi connectivity index (χ2v) is 6.28. The van der Waals surface area contributed by atoms with Crippen LogP contribution in [0.15, 0.2) is 54.6 Å². The standard InChI is InChI=1S/C18H19ClN2O2S/c1-12(2)23-17(22)16(13-6-4-3-5-7-13)21-18(24)20-15-10-8-14(19)9-11-15/h3-12,16H,1-2H3,(H2,20,21,24)/t16-/m1/s1. The Bertz CT molecular complexity index is 690. The molecule has 0 aliphatic heterocycles. The Kier molecular flexibility index (Phi) is 6.58. The van der Waals surface area contributed by atoms with Crippen molar-refractivity contribution in [2.75, 3.05) is 5.32 Å². The summed E-state index contributed by atoms with van der Waals surface area (Å²) in [5.74, 6) is -0.378. The van der Waals surface area contributed by atoms with Crippen molar-refractivity contribution in [1.82, 2.24) is 5.32 Å². The van der Waals surface area contributed by atoms with Crippen molar-refractivity contribution in [2.24, 2.45) is 0 Å². The number of carbonyl (C=O) groups is 1. The smallest absolute Gasteiger partial charge is 0.333 e. The van der Waals surface area contributed by atoms with Gasteiger partial charge in [-0.25, -0.2) is 4.79 Å². The van der Waals surface area contributed by atoms with Gasteiger partial charge >= 0.3 is 5.97 Å². The van der Waals surface area contributed by atoms with Crippen molar-refractivity contribution in [3.63, 3.8) is 0 Å². The molecule has 0 radical (unpaired) electrons. The second kappa shape index (κ2) is 8.66. The molecule has 6 heteroatoms. The van der Waals surface area contributed by atoms with Gasteiger partial charge in [0.25, 0.3) is 0 Å². The molecule has 0 spiro atoms. The predicted molar refractivity (Wildman–Crippen MR) is 101 cm³/mol. The minimum atomic E-state index is -0.680. The number of esters is 1. The monoisotopic (exact) mass is 362 g/mol. The Morgan fingerprint density at radius 3 is 2.29 bits per heavy atom. The Morgan fingerprint density at radius 1 is 1.08 bits per heavy atom. The molecule has 0 unspecified atom stereocenters. The molecule has 24 heavy (non-hydrogen) atoms. The van der Waals surface area contributed by atoms with Crippen LogP contribution in [0.5, 0.6) is 0 Å². The molecule has 0 saturated heterocycles. The number of rotatable bonds is 5. The lowest BCUT2D eigenvalue weighted by atomic mass is 10.1. The van der Waals surface area contributed by atoms with E-state index in [1.54, 1.807) is 24.3 Å². The summed E-state index contributed by atoms with van der Waals surface area (Å²) in [6.45, 7) is 3.62. The highest BCUT2D eigenvalue weighted by molar-refractivity contribution is 7.80. The number of thiocarbonyl (C=S) groups is 1. The maximum absolute atomic E-state index is 12.4. The molecule has 1 atom stereocenters. The van der Waals surface area contributed by atoms with Crippen molar-refractivity contribution in [3.05, 3.63) is 65.2 Å². The van der Waals surface area contributed by atoms with Gasteiger partial charge < -0.3 is 15.4 Å². The highest BCUT2D eigenvalue weighted by atomic mass is 35.5. The van der Waals surface area contributed by atoms with Crippen LogP contribution in [-0.4, -0.2) is 17.2 Å². The summed E-state index contributed by atoms with van der Waals surface area (Å²) in [5.41, 5.74) is 1.56. The van der Waals surface area contributed by atoms with E-state index < -0.39 is 6.04 Å². The summed E-state index contributed by atoms with van der Waals surface area (Å²) in [7, 11) is 0. The van der Waals surface area contributed by atoms with E-state index in [1.807, 2.05) is 44.2 Å². The van der Waals surface area contributed by atoms with E-state index >= 15 is 0 Å². The Labute approximate surface area is 152 Å². The quantitative estimate of drug-likeness (QED) is 0.612. The van der Waals surface area contributed by atoms with Gasteiger partial charge in [0.05, 0.1) is 6.10 Å². The highest BCUT2D eigenvalue weighted by Crippen LogP contribution is 2.17. The van der Waals surface area contributed by atoms with Gasteiger partial charge in [0, 0.05) is 10.7 Å². The molecule has 0 bridgehead atoms. The van der Waals surface area contributed by atoms with Crippen molar-refractivity contribution in [2.45, 2.75) is 26.0 Å². The normalized spacial score (nSPS) is 11.7. The largest absolute Gasteiger partial charge is 0.461 e. The summed E-state index contributed by atoms with van der Waals surface area (Å²) in [4.78, 5) is 12.4. The molecule has 4 nitrogen and oxygen atoms in total. The van der Waals surface area contributed by atoms with Crippen molar-refractivity contribution in [1.29, 1.82) is 0 Å². The van der Waals surface area contributed by atoms with E-state index in [-0.39, 0.29) is 12.1 Å².